The van der Waals surface area contributed by atoms with Gasteiger partial charge in [-0.05, 0) is 36.6 Å². The van der Waals surface area contributed by atoms with E-state index in [4.69, 9.17) is 0 Å². The van der Waals surface area contributed by atoms with Gasteiger partial charge in [-0.25, -0.2) is 21.1 Å². The molecule has 1 aromatic carbocycles. The van der Waals surface area contributed by atoms with Crippen LogP contribution >= 0.6 is 0 Å². The number of hydrogen-bond donors (Lipinski definition) is 0. The molecule has 0 saturated carbocycles. The highest BCUT2D eigenvalue weighted by molar-refractivity contribution is 7.89. The third kappa shape index (κ3) is 5.74. The van der Waals surface area contributed by atoms with E-state index in [0.717, 1.165) is 5.56 Å². The maximum atomic E-state index is 12.8. The minimum Gasteiger partial charge on any atom is -0.301 e. The van der Waals surface area contributed by atoms with Crippen molar-refractivity contribution < 1.29 is 16.8 Å². The average Bonchev–Trinajstić information content (AvgIpc) is 2.62. The first-order valence-electron chi connectivity index (χ1n) is 9.26. The van der Waals surface area contributed by atoms with Crippen LogP contribution in [0.2, 0.25) is 0 Å². The zero-order chi connectivity index (χ0) is 20.2. The summed E-state index contributed by atoms with van der Waals surface area (Å²) in [6, 6.07) is 7.12. The number of rotatable bonds is 8. The second-order valence-corrected chi connectivity index (χ2v) is 11.7. The van der Waals surface area contributed by atoms with Crippen LogP contribution in [0.1, 0.15) is 31.7 Å². The Hall–Kier alpha value is -1.00. The van der Waals surface area contributed by atoms with E-state index in [2.05, 4.69) is 18.7 Å². The molecule has 27 heavy (non-hydrogen) atoms. The van der Waals surface area contributed by atoms with Crippen LogP contribution in [0.4, 0.5) is 0 Å². The van der Waals surface area contributed by atoms with Crippen molar-refractivity contribution in [1.29, 1.82) is 0 Å². The quantitative estimate of drug-likeness (QED) is 0.639. The minimum absolute atomic E-state index is 0.112. The molecule has 0 amide bonds. The molecular formula is C18H31N3O4S2. The molecule has 7 nitrogen and oxygen atoms in total. The molecule has 0 bridgehead atoms. The Morgan fingerprint density at radius 1 is 0.963 bits per heavy atom. The standard InChI is InChI=1S/C18H31N3O4S2/c1-16(2)17-6-8-18(9-7-17)27(24,25)21-13-11-20(12-14-21)10-5-15-26(22,23)19(3)4/h6-9,16H,5,10-15H2,1-4H3. The number of sulfonamides is 2. The van der Waals surface area contributed by atoms with E-state index < -0.39 is 20.0 Å². The van der Waals surface area contributed by atoms with Crippen LogP contribution in [0.5, 0.6) is 0 Å². The smallest absolute Gasteiger partial charge is 0.243 e. The summed E-state index contributed by atoms with van der Waals surface area (Å²) < 4.78 is 52.0. The minimum atomic E-state index is -3.48. The van der Waals surface area contributed by atoms with Crippen LogP contribution in [-0.2, 0) is 20.0 Å². The van der Waals surface area contributed by atoms with Gasteiger partial charge in [0, 0.05) is 40.3 Å². The molecule has 1 aliphatic heterocycles. The summed E-state index contributed by atoms with van der Waals surface area (Å²) >= 11 is 0. The van der Waals surface area contributed by atoms with E-state index in [9.17, 15) is 16.8 Å². The molecule has 2 rings (SSSR count). The van der Waals surface area contributed by atoms with E-state index in [-0.39, 0.29) is 5.75 Å². The third-order valence-corrected chi connectivity index (χ3v) is 8.78. The number of nitrogens with zero attached hydrogens (tertiary/aromatic N) is 3. The maximum Gasteiger partial charge on any atom is 0.243 e. The van der Waals surface area contributed by atoms with Crippen LogP contribution in [0.3, 0.4) is 0 Å². The van der Waals surface area contributed by atoms with Crippen molar-refractivity contribution in [3.8, 4) is 0 Å². The Labute approximate surface area is 164 Å². The largest absolute Gasteiger partial charge is 0.301 e. The van der Waals surface area contributed by atoms with Gasteiger partial charge in [0.1, 0.15) is 0 Å². The molecule has 1 fully saturated rings. The molecular weight excluding hydrogens is 386 g/mol. The fourth-order valence-electron chi connectivity index (χ4n) is 3.02. The van der Waals surface area contributed by atoms with Gasteiger partial charge < -0.3 is 4.90 Å². The van der Waals surface area contributed by atoms with E-state index in [0.29, 0.717) is 50.0 Å². The van der Waals surface area contributed by atoms with Gasteiger partial charge in [0.05, 0.1) is 10.6 Å². The van der Waals surface area contributed by atoms with Gasteiger partial charge in [-0.15, -0.1) is 0 Å². The Balaban J connectivity index is 1.89. The maximum absolute atomic E-state index is 12.8. The molecule has 0 aromatic heterocycles. The summed E-state index contributed by atoms with van der Waals surface area (Å²) in [5.41, 5.74) is 1.12. The van der Waals surface area contributed by atoms with Crippen LogP contribution < -0.4 is 0 Å². The molecule has 1 aliphatic rings. The summed E-state index contributed by atoms with van der Waals surface area (Å²) in [5.74, 6) is 0.474. The first-order chi connectivity index (χ1) is 12.5. The van der Waals surface area contributed by atoms with Crippen LogP contribution in [0.25, 0.3) is 0 Å². The zero-order valence-electron chi connectivity index (χ0n) is 16.6. The van der Waals surface area contributed by atoms with Crippen molar-refractivity contribution in [2.24, 2.45) is 0 Å². The molecule has 154 valence electrons. The lowest BCUT2D eigenvalue weighted by Gasteiger charge is -2.34. The van der Waals surface area contributed by atoms with Crippen LogP contribution in [0.15, 0.2) is 29.2 Å². The van der Waals surface area contributed by atoms with Gasteiger partial charge in [-0.2, -0.15) is 4.31 Å². The third-order valence-electron chi connectivity index (χ3n) is 4.95. The van der Waals surface area contributed by atoms with E-state index in [1.807, 2.05) is 12.1 Å². The molecule has 0 spiro atoms. The lowest BCUT2D eigenvalue weighted by Crippen LogP contribution is -2.48. The lowest BCUT2D eigenvalue weighted by atomic mass is 10.0. The number of piperazine rings is 1. The van der Waals surface area contributed by atoms with Crippen LogP contribution in [0, 0.1) is 0 Å². The highest BCUT2D eigenvalue weighted by Crippen LogP contribution is 2.21. The second-order valence-electron chi connectivity index (χ2n) is 7.42. The Kier molecular flexibility index (Phi) is 7.43. The Morgan fingerprint density at radius 2 is 1.52 bits per heavy atom. The summed E-state index contributed by atoms with van der Waals surface area (Å²) in [6.07, 6.45) is 0.546. The molecule has 1 saturated heterocycles. The predicted octanol–water partition coefficient (Wildman–Crippen LogP) is 1.40. The van der Waals surface area contributed by atoms with Gasteiger partial charge in [-0.3, -0.25) is 0 Å². The van der Waals surface area contributed by atoms with Crippen molar-refractivity contribution >= 4 is 20.0 Å². The number of hydrogen-bond acceptors (Lipinski definition) is 5. The van der Waals surface area contributed by atoms with Gasteiger partial charge in [0.25, 0.3) is 0 Å². The second kappa shape index (κ2) is 9.00. The summed E-state index contributed by atoms with van der Waals surface area (Å²) in [6.45, 7) is 6.89. The highest BCUT2D eigenvalue weighted by atomic mass is 32.2. The Morgan fingerprint density at radius 3 is 2.00 bits per heavy atom. The highest BCUT2D eigenvalue weighted by Gasteiger charge is 2.28. The van der Waals surface area contributed by atoms with Crippen LogP contribution in [-0.4, -0.2) is 82.9 Å². The molecule has 1 heterocycles. The first kappa shape index (κ1) is 22.3. The first-order valence-corrected chi connectivity index (χ1v) is 12.3. The zero-order valence-corrected chi connectivity index (χ0v) is 18.3. The molecule has 1 aromatic rings. The summed E-state index contributed by atoms with van der Waals surface area (Å²) in [5, 5.41) is 0. The fourth-order valence-corrected chi connectivity index (χ4v) is 5.30. The van der Waals surface area contributed by atoms with E-state index in [1.165, 1.54) is 22.7 Å². The fraction of sp³-hybridized carbons (Fsp3) is 0.667. The topological polar surface area (TPSA) is 78.0 Å². The molecule has 0 aliphatic carbocycles. The lowest BCUT2D eigenvalue weighted by molar-refractivity contribution is 0.189. The van der Waals surface area contributed by atoms with Crippen molar-refractivity contribution in [3.05, 3.63) is 29.8 Å². The summed E-state index contributed by atoms with van der Waals surface area (Å²) in [4.78, 5) is 2.46. The van der Waals surface area contributed by atoms with Gasteiger partial charge in [-0.1, -0.05) is 26.0 Å². The van der Waals surface area contributed by atoms with Gasteiger partial charge in [0.15, 0.2) is 0 Å². The molecule has 0 atom stereocenters. The number of benzene rings is 1. The normalized spacial score (nSPS) is 17.7. The molecule has 0 unspecified atom stereocenters. The molecule has 0 N–H and O–H groups in total. The molecule has 0 radical (unpaired) electrons. The van der Waals surface area contributed by atoms with Crippen molar-refractivity contribution in [3.63, 3.8) is 0 Å². The SMILES string of the molecule is CC(C)c1ccc(S(=O)(=O)N2CCN(CCCS(=O)(=O)N(C)C)CC2)cc1. The van der Waals surface area contributed by atoms with E-state index in [1.54, 1.807) is 12.1 Å². The van der Waals surface area contributed by atoms with Crippen molar-refractivity contribution in [2.45, 2.75) is 31.1 Å². The van der Waals surface area contributed by atoms with Crippen molar-refractivity contribution in [2.75, 3.05) is 52.6 Å². The Bertz CT molecular complexity index is 811. The van der Waals surface area contributed by atoms with Gasteiger partial charge >= 0.3 is 0 Å². The summed E-state index contributed by atoms with van der Waals surface area (Å²) in [7, 11) is -3.59. The van der Waals surface area contributed by atoms with Crippen molar-refractivity contribution in [1.82, 2.24) is 13.5 Å². The molecule has 9 heteroatoms. The predicted molar refractivity (Wildman–Crippen MR) is 108 cm³/mol. The average molecular weight is 418 g/mol. The van der Waals surface area contributed by atoms with E-state index >= 15 is 0 Å². The van der Waals surface area contributed by atoms with Gasteiger partial charge in [0.2, 0.25) is 20.0 Å². The monoisotopic (exact) mass is 417 g/mol.